The Bertz CT molecular complexity index is 549. The smallest absolute Gasteiger partial charge is 0.160 e. The van der Waals surface area contributed by atoms with Gasteiger partial charge in [-0.1, -0.05) is 12.1 Å². The van der Waals surface area contributed by atoms with E-state index >= 15 is 0 Å². The monoisotopic (exact) mass is 267 g/mol. The van der Waals surface area contributed by atoms with Gasteiger partial charge < -0.3 is 0 Å². The van der Waals surface area contributed by atoms with E-state index in [2.05, 4.69) is 0 Å². The molecule has 0 saturated heterocycles. The zero-order valence-corrected chi connectivity index (χ0v) is 10.2. The van der Waals surface area contributed by atoms with Crippen LogP contribution < -0.4 is 3.71 Å². The van der Waals surface area contributed by atoms with Gasteiger partial charge in [-0.25, -0.2) is 12.5 Å². The summed E-state index contributed by atoms with van der Waals surface area (Å²) in [6.45, 7) is 0. The van der Waals surface area contributed by atoms with Gasteiger partial charge in [0, 0.05) is 39.8 Å². The van der Waals surface area contributed by atoms with Gasteiger partial charge in [-0.15, -0.1) is 0 Å². The highest BCUT2D eigenvalue weighted by atomic mass is 32.2. The van der Waals surface area contributed by atoms with E-state index in [-0.39, 0.29) is 0 Å². The van der Waals surface area contributed by atoms with E-state index in [0.29, 0.717) is 5.69 Å². The van der Waals surface area contributed by atoms with E-state index in [1.807, 2.05) is 28.0 Å². The maximum absolute atomic E-state index is 13.1. The number of halogens is 2. The molecule has 0 radical (unpaired) electrons. The lowest BCUT2D eigenvalue weighted by molar-refractivity contribution is 0.509. The van der Waals surface area contributed by atoms with E-state index in [1.54, 1.807) is 6.07 Å². The summed E-state index contributed by atoms with van der Waals surface area (Å²) < 4.78 is 27.9. The molecule has 0 aromatic heterocycles. The maximum Gasteiger partial charge on any atom is 0.160 e. The van der Waals surface area contributed by atoms with Crippen LogP contribution in [0.2, 0.25) is 0 Å². The summed E-state index contributed by atoms with van der Waals surface area (Å²) in [6.07, 6.45) is 0. The molecule has 0 amide bonds. The van der Waals surface area contributed by atoms with Crippen LogP contribution in [-0.2, 0) is 0 Å². The Morgan fingerprint density at radius 2 is 1.47 bits per heavy atom. The Hall–Kier alpha value is -1.20. The van der Waals surface area contributed by atoms with Crippen molar-refractivity contribution >= 4 is 29.6 Å². The van der Waals surface area contributed by atoms with Gasteiger partial charge in [-0.2, -0.15) is 0 Å². The second kappa shape index (κ2) is 4.23. The van der Waals surface area contributed by atoms with Crippen LogP contribution in [0.15, 0.2) is 52.3 Å². The fourth-order valence-corrected chi connectivity index (χ4v) is 3.75. The van der Waals surface area contributed by atoms with Crippen LogP contribution in [0.4, 0.5) is 14.5 Å². The molecule has 1 heterocycles. The normalized spacial score (nSPS) is 13.9. The zero-order valence-electron chi connectivity index (χ0n) is 8.56. The minimum Gasteiger partial charge on any atom is -0.249 e. The number of benzene rings is 2. The molecule has 0 fully saturated rings. The minimum atomic E-state index is -0.820. The first-order valence-electron chi connectivity index (χ1n) is 4.94. The van der Waals surface area contributed by atoms with Crippen molar-refractivity contribution in [3.8, 4) is 0 Å². The van der Waals surface area contributed by atoms with Crippen LogP contribution in [-0.4, -0.2) is 0 Å². The number of hydrogen-bond donors (Lipinski definition) is 0. The van der Waals surface area contributed by atoms with E-state index in [0.717, 1.165) is 15.9 Å². The van der Waals surface area contributed by atoms with Gasteiger partial charge in [0.2, 0.25) is 0 Å². The molecule has 1 aliphatic rings. The molecule has 17 heavy (non-hydrogen) atoms. The summed E-state index contributed by atoms with van der Waals surface area (Å²) in [5, 5.41) is 0. The molecular formula is C12H7F2NS2. The average Bonchev–Trinajstić information content (AvgIpc) is 2.76. The van der Waals surface area contributed by atoms with Gasteiger partial charge in [0.05, 0.1) is 5.69 Å². The summed E-state index contributed by atoms with van der Waals surface area (Å²) in [7, 11) is 0. The third-order valence-corrected chi connectivity index (χ3v) is 4.76. The van der Waals surface area contributed by atoms with E-state index in [1.165, 1.54) is 30.0 Å². The van der Waals surface area contributed by atoms with Crippen molar-refractivity contribution in [2.24, 2.45) is 0 Å². The second-order valence-electron chi connectivity index (χ2n) is 3.48. The van der Waals surface area contributed by atoms with Crippen molar-refractivity contribution in [2.75, 3.05) is 3.71 Å². The van der Waals surface area contributed by atoms with Crippen LogP contribution in [0, 0.1) is 11.6 Å². The SMILES string of the molecule is Fc1ccc(N2Sc3ccccc3S2)cc1F. The topological polar surface area (TPSA) is 3.24 Å². The quantitative estimate of drug-likeness (QED) is 0.700. The van der Waals surface area contributed by atoms with Gasteiger partial charge in [0.15, 0.2) is 11.6 Å². The highest BCUT2D eigenvalue weighted by Crippen LogP contribution is 2.48. The molecule has 86 valence electrons. The van der Waals surface area contributed by atoms with Crippen LogP contribution in [0.3, 0.4) is 0 Å². The molecule has 2 aromatic carbocycles. The number of anilines is 1. The molecular weight excluding hydrogens is 260 g/mol. The summed E-state index contributed by atoms with van der Waals surface area (Å²) in [5.74, 6) is -1.64. The molecule has 1 nitrogen and oxygen atoms in total. The molecule has 3 rings (SSSR count). The molecule has 0 bridgehead atoms. The Morgan fingerprint density at radius 3 is 2.06 bits per heavy atom. The highest BCUT2D eigenvalue weighted by molar-refractivity contribution is 8.20. The number of hydrogen-bond acceptors (Lipinski definition) is 3. The summed E-state index contributed by atoms with van der Waals surface area (Å²) in [5.41, 5.74) is 0.648. The first-order valence-corrected chi connectivity index (χ1v) is 6.49. The summed E-state index contributed by atoms with van der Waals surface area (Å²) in [6, 6.07) is 11.9. The summed E-state index contributed by atoms with van der Waals surface area (Å²) in [4.78, 5) is 2.25. The molecule has 0 atom stereocenters. The first kappa shape index (κ1) is 10.9. The fourth-order valence-electron chi connectivity index (χ4n) is 1.50. The third-order valence-electron chi connectivity index (χ3n) is 2.33. The molecule has 0 aliphatic carbocycles. The molecule has 2 aromatic rings. The van der Waals surface area contributed by atoms with Gasteiger partial charge in [0.25, 0.3) is 0 Å². The minimum absolute atomic E-state index is 0.648. The lowest BCUT2D eigenvalue weighted by atomic mass is 10.3. The van der Waals surface area contributed by atoms with E-state index < -0.39 is 11.6 Å². The van der Waals surface area contributed by atoms with Crippen LogP contribution in [0.25, 0.3) is 0 Å². The summed E-state index contributed by atoms with van der Waals surface area (Å²) >= 11 is 3.02. The number of rotatable bonds is 1. The van der Waals surface area contributed by atoms with Crippen molar-refractivity contribution in [1.82, 2.24) is 0 Å². The lowest BCUT2D eigenvalue weighted by Crippen LogP contribution is -1.99. The second-order valence-corrected chi connectivity index (χ2v) is 5.69. The number of fused-ring (bicyclic) bond motifs is 1. The lowest BCUT2D eigenvalue weighted by Gasteiger charge is -2.13. The Kier molecular flexibility index (Phi) is 2.72. The van der Waals surface area contributed by atoms with Gasteiger partial charge in [-0.3, -0.25) is 0 Å². The predicted molar refractivity (Wildman–Crippen MR) is 67.0 cm³/mol. The predicted octanol–water partition coefficient (Wildman–Crippen LogP) is 4.50. The molecule has 0 unspecified atom stereocenters. The molecule has 5 heteroatoms. The van der Waals surface area contributed by atoms with Crippen molar-refractivity contribution in [3.63, 3.8) is 0 Å². The Labute approximate surface area is 106 Å². The van der Waals surface area contributed by atoms with Crippen LogP contribution in [0.5, 0.6) is 0 Å². The standard InChI is InChI=1S/C12H7F2NS2/c13-9-6-5-8(7-10(9)14)15-16-11-3-1-2-4-12(11)17-15/h1-7H. The van der Waals surface area contributed by atoms with Crippen molar-refractivity contribution < 1.29 is 8.78 Å². The van der Waals surface area contributed by atoms with Crippen LogP contribution in [0.1, 0.15) is 0 Å². The van der Waals surface area contributed by atoms with Crippen molar-refractivity contribution in [3.05, 3.63) is 54.1 Å². The Morgan fingerprint density at radius 1 is 0.824 bits per heavy atom. The highest BCUT2D eigenvalue weighted by Gasteiger charge is 2.22. The molecule has 1 aliphatic heterocycles. The Balaban J connectivity index is 1.91. The maximum atomic E-state index is 13.1. The van der Waals surface area contributed by atoms with E-state index in [4.69, 9.17) is 0 Å². The van der Waals surface area contributed by atoms with Crippen molar-refractivity contribution in [2.45, 2.75) is 9.79 Å². The molecule has 0 spiro atoms. The van der Waals surface area contributed by atoms with Crippen LogP contribution >= 0.6 is 23.9 Å². The van der Waals surface area contributed by atoms with Gasteiger partial charge in [0.1, 0.15) is 0 Å². The van der Waals surface area contributed by atoms with Crippen molar-refractivity contribution in [1.29, 1.82) is 0 Å². The molecule has 0 saturated carbocycles. The number of nitrogens with zero attached hydrogens (tertiary/aromatic N) is 1. The third kappa shape index (κ3) is 2.00. The molecule has 0 N–H and O–H groups in total. The first-order chi connectivity index (χ1) is 8.24. The largest absolute Gasteiger partial charge is 0.249 e. The van der Waals surface area contributed by atoms with E-state index in [9.17, 15) is 8.78 Å². The van der Waals surface area contributed by atoms with Gasteiger partial charge in [-0.05, 0) is 24.3 Å². The average molecular weight is 267 g/mol. The fraction of sp³-hybridized carbons (Fsp3) is 0. The zero-order chi connectivity index (χ0) is 11.8. The van der Waals surface area contributed by atoms with Gasteiger partial charge >= 0.3 is 0 Å².